The van der Waals surface area contributed by atoms with Gasteiger partial charge in [0.1, 0.15) is 11.5 Å². The molecule has 1 fully saturated rings. The molecule has 150 valence electrons. The molecule has 0 bridgehead atoms. The molecule has 10 heteroatoms. The first-order chi connectivity index (χ1) is 13.9. The van der Waals surface area contributed by atoms with E-state index in [1.54, 1.807) is 30.3 Å². The van der Waals surface area contributed by atoms with E-state index in [2.05, 4.69) is 26.2 Å². The Balaban J connectivity index is 1.86. The number of hydrogen-bond acceptors (Lipinski definition) is 6. The summed E-state index contributed by atoms with van der Waals surface area (Å²) in [4.78, 5) is 27.5. The van der Waals surface area contributed by atoms with Crippen LogP contribution in [0.4, 0.5) is 10.1 Å². The fraction of sp³-hybridized carbons (Fsp3) is 0.105. The fourth-order valence-electron chi connectivity index (χ4n) is 2.38. The lowest BCUT2D eigenvalue weighted by atomic mass is 10.2. The molecule has 0 aliphatic carbocycles. The van der Waals surface area contributed by atoms with Gasteiger partial charge in [-0.1, -0.05) is 12.1 Å². The van der Waals surface area contributed by atoms with Crippen LogP contribution in [0.2, 0.25) is 0 Å². The van der Waals surface area contributed by atoms with Crippen molar-refractivity contribution in [3.8, 4) is 11.5 Å². The van der Waals surface area contributed by atoms with Gasteiger partial charge < -0.3 is 19.9 Å². The van der Waals surface area contributed by atoms with Gasteiger partial charge in [0, 0.05) is 0 Å². The second-order valence-electron chi connectivity index (χ2n) is 5.65. The molecule has 1 aliphatic heterocycles. The molecule has 2 N–H and O–H groups in total. The Morgan fingerprint density at radius 1 is 1.38 bits per heavy atom. The van der Waals surface area contributed by atoms with E-state index in [9.17, 15) is 14.0 Å². The maximum Gasteiger partial charge on any atom is 0.341 e. The summed E-state index contributed by atoms with van der Waals surface area (Å²) in [6, 6.07) is 9.27. The highest BCUT2D eigenvalue weighted by Gasteiger charge is 2.24. The molecular weight excluding hydrogens is 467 g/mol. The Bertz CT molecular complexity index is 1040. The number of para-hydroxylation sites is 1. The number of carbonyl (C=O) groups excluding carboxylic acids is 1. The second kappa shape index (κ2) is 9.10. The van der Waals surface area contributed by atoms with Crippen LogP contribution in [0, 0.1) is 5.82 Å². The molecule has 0 atom stereocenters. The van der Waals surface area contributed by atoms with Crippen LogP contribution >= 0.6 is 27.7 Å². The summed E-state index contributed by atoms with van der Waals surface area (Å²) in [6.45, 7) is -0.524. The number of aliphatic imine (C=N–C) groups is 1. The van der Waals surface area contributed by atoms with Crippen LogP contribution in [0.15, 0.2) is 50.8 Å². The molecule has 1 aliphatic rings. The minimum absolute atomic E-state index is 0.126. The lowest BCUT2D eigenvalue weighted by Crippen LogP contribution is -2.19. The summed E-state index contributed by atoms with van der Waals surface area (Å²) in [5.41, 5.74) is 0.738. The van der Waals surface area contributed by atoms with Crippen molar-refractivity contribution in [3.63, 3.8) is 0 Å². The van der Waals surface area contributed by atoms with Crippen molar-refractivity contribution in [2.75, 3.05) is 13.7 Å². The van der Waals surface area contributed by atoms with Gasteiger partial charge in [0.25, 0.3) is 5.91 Å². The van der Waals surface area contributed by atoms with Gasteiger partial charge in [-0.05, 0) is 63.6 Å². The van der Waals surface area contributed by atoms with Gasteiger partial charge in [-0.25, -0.2) is 14.2 Å². The van der Waals surface area contributed by atoms with Crippen molar-refractivity contribution in [1.29, 1.82) is 0 Å². The summed E-state index contributed by atoms with van der Waals surface area (Å²) in [5.74, 6) is -1.44. The molecule has 1 amide bonds. The topological polar surface area (TPSA) is 97.2 Å². The summed E-state index contributed by atoms with van der Waals surface area (Å²) in [5, 5.41) is 11.6. The van der Waals surface area contributed by atoms with Crippen molar-refractivity contribution in [1.82, 2.24) is 5.32 Å². The SMILES string of the molecule is COc1cc(/C=C2\SC(=Nc3ccccc3F)NC2=O)cc(Br)c1OCC(=O)O. The number of methoxy groups -OCH3 is 1. The van der Waals surface area contributed by atoms with Crippen LogP contribution in [-0.4, -0.2) is 35.9 Å². The molecule has 29 heavy (non-hydrogen) atoms. The number of carbonyl (C=O) groups is 2. The van der Waals surface area contributed by atoms with Crippen LogP contribution in [0.1, 0.15) is 5.56 Å². The number of nitrogens with one attached hydrogen (secondary N) is 1. The molecule has 3 rings (SSSR count). The average molecular weight is 481 g/mol. The minimum Gasteiger partial charge on any atom is -0.493 e. The first-order valence-corrected chi connectivity index (χ1v) is 9.74. The van der Waals surface area contributed by atoms with Gasteiger partial charge in [-0.3, -0.25) is 4.79 Å². The number of thioether (sulfide) groups is 1. The standard InChI is InChI=1S/C19H14BrFN2O5S/c1-27-14-7-10(6-11(20)17(14)28-9-16(24)25)8-15-18(26)23-19(29-15)22-13-5-3-2-4-12(13)21/h2-8H,9H2,1H3,(H,24,25)(H,22,23,26)/b15-8-. The third kappa shape index (κ3) is 5.15. The lowest BCUT2D eigenvalue weighted by molar-refractivity contribution is -0.139. The van der Waals surface area contributed by atoms with E-state index in [0.29, 0.717) is 20.7 Å². The number of amides is 1. The molecule has 0 saturated carbocycles. The number of nitrogens with zero attached hydrogens (tertiary/aromatic N) is 1. The van der Waals surface area contributed by atoms with E-state index in [0.717, 1.165) is 11.8 Å². The average Bonchev–Trinajstić information content (AvgIpc) is 3.01. The number of hydrogen-bond donors (Lipinski definition) is 2. The third-order valence-corrected chi connectivity index (χ3v) is 5.11. The second-order valence-corrected chi connectivity index (χ2v) is 7.53. The molecule has 0 aromatic heterocycles. The molecule has 7 nitrogen and oxygen atoms in total. The van der Waals surface area contributed by atoms with Crippen LogP contribution in [0.25, 0.3) is 6.08 Å². The quantitative estimate of drug-likeness (QED) is 0.607. The zero-order chi connectivity index (χ0) is 21.0. The van der Waals surface area contributed by atoms with E-state index in [1.807, 2.05) is 0 Å². The van der Waals surface area contributed by atoms with E-state index in [4.69, 9.17) is 14.6 Å². The first kappa shape index (κ1) is 20.9. The smallest absolute Gasteiger partial charge is 0.341 e. The van der Waals surface area contributed by atoms with E-state index < -0.39 is 18.4 Å². The molecule has 0 radical (unpaired) electrons. The summed E-state index contributed by atoms with van der Waals surface area (Å²) in [7, 11) is 1.42. The number of halogens is 2. The Morgan fingerprint density at radius 2 is 2.14 bits per heavy atom. The van der Waals surface area contributed by atoms with Crippen LogP contribution in [0.5, 0.6) is 11.5 Å². The van der Waals surface area contributed by atoms with Crippen molar-refractivity contribution in [2.24, 2.45) is 4.99 Å². The van der Waals surface area contributed by atoms with Crippen LogP contribution in [-0.2, 0) is 9.59 Å². The molecule has 2 aromatic rings. The zero-order valence-corrected chi connectivity index (χ0v) is 17.3. The predicted octanol–water partition coefficient (Wildman–Crippen LogP) is 3.95. The molecule has 0 unspecified atom stereocenters. The normalized spacial score (nSPS) is 16.2. The van der Waals surface area contributed by atoms with Gasteiger partial charge >= 0.3 is 5.97 Å². The first-order valence-electron chi connectivity index (χ1n) is 8.13. The number of carboxylic acids is 1. The van der Waals surface area contributed by atoms with Crippen molar-refractivity contribution in [3.05, 3.63) is 57.2 Å². The van der Waals surface area contributed by atoms with E-state index >= 15 is 0 Å². The number of rotatable bonds is 6. The van der Waals surface area contributed by atoms with E-state index in [-0.39, 0.29) is 22.5 Å². The molecule has 2 aromatic carbocycles. The number of aliphatic carboxylic acids is 1. The van der Waals surface area contributed by atoms with Gasteiger partial charge in [-0.15, -0.1) is 0 Å². The fourth-order valence-corrected chi connectivity index (χ4v) is 3.79. The summed E-state index contributed by atoms with van der Waals surface area (Å²) >= 11 is 4.39. The maximum atomic E-state index is 13.8. The third-order valence-electron chi connectivity index (χ3n) is 3.61. The molecular formula is C19H14BrFN2O5S. The van der Waals surface area contributed by atoms with Crippen LogP contribution < -0.4 is 14.8 Å². The highest BCUT2D eigenvalue weighted by molar-refractivity contribution is 9.10. The molecule has 1 saturated heterocycles. The Morgan fingerprint density at radius 3 is 2.83 bits per heavy atom. The van der Waals surface area contributed by atoms with Gasteiger partial charge in [-0.2, -0.15) is 0 Å². The highest BCUT2D eigenvalue weighted by atomic mass is 79.9. The lowest BCUT2D eigenvalue weighted by Gasteiger charge is -2.12. The van der Waals surface area contributed by atoms with E-state index in [1.165, 1.54) is 19.2 Å². The van der Waals surface area contributed by atoms with Gasteiger partial charge in [0.05, 0.1) is 16.5 Å². The minimum atomic E-state index is -1.12. The number of amidine groups is 1. The van der Waals surface area contributed by atoms with Gasteiger partial charge in [0.2, 0.25) is 0 Å². The Hall–Kier alpha value is -2.85. The van der Waals surface area contributed by atoms with Crippen molar-refractivity contribution in [2.45, 2.75) is 0 Å². The monoisotopic (exact) mass is 480 g/mol. The largest absolute Gasteiger partial charge is 0.493 e. The zero-order valence-electron chi connectivity index (χ0n) is 14.9. The summed E-state index contributed by atoms with van der Waals surface area (Å²) in [6.07, 6.45) is 1.61. The van der Waals surface area contributed by atoms with Crippen molar-refractivity contribution < 1.29 is 28.6 Å². The number of benzene rings is 2. The molecule has 0 spiro atoms. The van der Waals surface area contributed by atoms with Crippen molar-refractivity contribution >= 4 is 56.5 Å². The Kier molecular flexibility index (Phi) is 6.55. The van der Waals surface area contributed by atoms with Crippen LogP contribution in [0.3, 0.4) is 0 Å². The Labute approximate surface area is 177 Å². The maximum absolute atomic E-state index is 13.8. The predicted molar refractivity (Wildman–Crippen MR) is 111 cm³/mol. The summed E-state index contributed by atoms with van der Waals surface area (Å²) < 4.78 is 24.7. The van der Waals surface area contributed by atoms with Gasteiger partial charge in [0.15, 0.2) is 23.3 Å². The number of ether oxygens (including phenoxy) is 2. The number of carboxylic acid groups (broad SMARTS) is 1. The molecule has 1 heterocycles. The highest BCUT2D eigenvalue weighted by Crippen LogP contribution is 2.38.